The van der Waals surface area contributed by atoms with Gasteiger partial charge in [0.05, 0.1) is 13.2 Å². The van der Waals surface area contributed by atoms with Crippen molar-refractivity contribution >= 4 is 0 Å². The standard InChI is InChI=1S/C12H23NO2/c1-3-5-6-7-11(13-4-2)10-12-14-8-9-15-12/h3,11-13H,1,4-10H2,2H3. The zero-order valence-corrected chi connectivity index (χ0v) is 9.71. The Morgan fingerprint density at radius 3 is 2.80 bits per heavy atom. The molecule has 1 unspecified atom stereocenters. The van der Waals surface area contributed by atoms with Crippen LogP contribution in [0.2, 0.25) is 0 Å². The maximum atomic E-state index is 5.45. The van der Waals surface area contributed by atoms with Crippen LogP contribution in [0, 0.1) is 0 Å². The van der Waals surface area contributed by atoms with Gasteiger partial charge in [0, 0.05) is 12.5 Å². The molecule has 0 spiro atoms. The Balaban J connectivity index is 2.18. The average molecular weight is 213 g/mol. The maximum absolute atomic E-state index is 5.45. The fourth-order valence-corrected chi connectivity index (χ4v) is 1.88. The van der Waals surface area contributed by atoms with E-state index in [1.165, 1.54) is 12.8 Å². The number of rotatable bonds is 8. The number of hydrogen-bond donors (Lipinski definition) is 1. The number of nitrogens with one attached hydrogen (secondary N) is 1. The molecule has 1 atom stereocenters. The lowest BCUT2D eigenvalue weighted by molar-refractivity contribution is -0.0531. The van der Waals surface area contributed by atoms with Gasteiger partial charge in [0.1, 0.15) is 0 Å². The zero-order chi connectivity index (χ0) is 10.9. The van der Waals surface area contributed by atoms with Crippen LogP contribution in [-0.4, -0.2) is 32.1 Å². The van der Waals surface area contributed by atoms with Crippen LogP contribution in [0.25, 0.3) is 0 Å². The van der Waals surface area contributed by atoms with E-state index in [9.17, 15) is 0 Å². The lowest BCUT2D eigenvalue weighted by Crippen LogP contribution is -2.32. The second kappa shape index (κ2) is 7.85. The molecule has 0 saturated carbocycles. The molecule has 0 aromatic heterocycles. The summed E-state index contributed by atoms with van der Waals surface area (Å²) in [5.41, 5.74) is 0. The van der Waals surface area contributed by atoms with Crippen molar-refractivity contribution in [2.45, 2.75) is 44.9 Å². The van der Waals surface area contributed by atoms with Gasteiger partial charge in [-0.2, -0.15) is 0 Å². The lowest BCUT2D eigenvalue weighted by atomic mass is 10.1. The van der Waals surface area contributed by atoms with Gasteiger partial charge < -0.3 is 14.8 Å². The molecule has 15 heavy (non-hydrogen) atoms. The summed E-state index contributed by atoms with van der Waals surface area (Å²) in [6, 6.07) is 0.512. The van der Waals surface area contributed by atoms with Crippen molar-refractivity contribution in [3.63, 3.8) is 0 Å². The van der Waals surface area contributed by atoms with Gasteiger partial charge in [0.25, 0.3) is 0 Å². The van der Waals surface area contributed by atoms with Crippen molar-refractivity contribution in [2.75, 3.05) is 19.8 Å². The minimum Gasteiger partial charge on any atom is -0.350 e. The van der Waals surface area contributed by atoms with Crippen LogP contribution in [0.1, 0.15) is 32.6 Å². The molecule has 0 aromatic carbocycles. The van der Waals surface area contributed by atoms with Crippen molar-refractivity contribution < 1.29 is 9.47 Å². The smallest absolute Gasteiger partial charge is 0.159 e. The highest BCUT2D eigenvalue weighted by molar-refractivity contribution is 4.73. The first-order valence-electron chi connectivity index (χ1n) is 5.94. The molecule has 1 fully saturated rings. The number of ether oxygens (including phenoxy) is 2. The molecule has 0 bridgehead atoms. The summed E-state index contributed by atoms with van der Waals surface area (Å²) in [5, 5.41) is 3.47. The lowest BCUT2D eigenvalue weighted by Gasteiger charge is -2.20. The third-order valence-electron chi connectivity index (χ3n) is 2.62. The average Bonchev–Trinajstić information content (AvgIpc) is 2.71. The van der Waals surface area contributed by atoms with E-state index in [1.54, 1.807) is 0 Å². The molecule has 1 N–H and O–H groups in total. The Morgan fingerprint density at radius 2 is 2.20 bits per heavy atom. The molecule has 0 aromatic rings. The molecule has 3 heteroatoms. The number of allylic oxidation sites excluding steroid dienone is 1. The molecule has 88 valence electrons. The quantitative estimate of drug-likeness (QED) is 0.494. The Hall–Kier alpha value is -0.380. The molecule has 0 aliphatic carbocycles. The summed E-state index contributed by atoms with van der Waals surface area (Å²) in [5.74, 6) is 0. The van der Waals surface area contributed by atoms with Gasteiger partial charge in [-0.1, -0.05) is 13.0 Å². The highest BCUT2D eigenvalue weighted by atomic mass is 16.7. The van der Waals surface area contributed by atoms with Crippen molar-refractivity contribution in [3.05, 3.63) is 12.7 Å². The van der Waals surface area contributed by atoms with E-state index in [-0.39, 0.29) is 6.29 Å². The molecule has 1 heterocycles. The topological polar surface area (TPSA) is 30.5 Å². The molecule has 1 aliphatic rings. The van der Waals surface area contributed by atoms with Gasteiger partial charge in [-0.15, -0.1) is 6.58 Å². The van der Waals surface area contributed by atoms with Crippen LogP contribution in [0.4, 0.5) is 0 Å². The van der Waals surface area contributed by atoms with Gasteiger partial charge in [-0.25, -0.2) is 0 Å². The van der Waals surface area contributed by atoms with Crippen LogP contribution < -0.4 is 5.32 Å². The van der Waals surface area contributed by atoms with Crippen molar-refractivity contribution in [1.29, 1.82) is 0 Å². The van der Waals surface area contributed by atoms with Crippen LogP contribution in [-0.2, 0) is 9.47 Å². The highest BCUT2D eigenvalue weighted by Gasteiger charge is 2.20. The third kappa shape index (κ3) is 5.30. The third-order valence-corrected chi connectivity index (χ3v) is 2.62. The fourth-order valence-electron chi connectivity index (χ4n) is 1.88. The molecule has 1 rings (SSSR count). The van der Waals surface area contributed by atoms with E-state index in [4.69, 9.17) is 9.47 Å². The monoisotopic (exact) mass is 213 g/mol. The Bertz CT molecular complexity index is 167. The van der Waals surface area contributed by atoms with Crippen LogP contribution in [0.3, 0.4) is 0 Å². The van der Waals surface area contributed by atoms with Gasteiger partial charge in [-0.3, -0.25) is 0 Å². The summed E-state index contributed by atoms with van der Waals surface area (Å²) >= 11 is 0. The molecule has 3 nitrogen and oxygen atoms in total. The van der Waals surface area contributed by atoms with E-state index in [1.807, 2.05) is 6.08 Å². The molecule has 1 saturated heterocycles. The van der Waals surface area contributed by atoms with E-state index >= 15 is 0 Å². The largest absolute Gasteiger partial charge is 0.350 e. The second-order valence-corrected chi connectivity index (χ2v) is 3.88. The maximum Gasteiger partial charge on any atom is 0.159 e. The van der Waals surface area contributed by atoms with E-state index in [0.29, 0.717) is 6.04 Å². The first-order valence-corrected chi connectivity index (χ1v) is 5.94. The summed E-state index contributed by atoms with van der Waals surface area (Å²) in [7, 11) is 0. The summed E-state index contributed by atoms with van der Waals surface area (Å²) in [6.45, 7) is 8.37. The van der Waals surface area contributed by atoms with Crippen molar-refractivity contribution in [1.82, 2.24) is 5.32 Å². The van der Waals surface area contributed by atoms with E-state index in [2.05, 4.69) is 18.8 Å². The predicted molar refractivity (Wildman–Crippen MR) is 61.8 cm³/mol. The van der Waals surface area contributed by atoms with Gasteiger partial charge >= 0.3 is 0 Å². The molecule has 0 radical (unpaired) electrons. The van der Waals surface area contributed by atoms with Crippen molar-refractivity contribution in [2.24, 2.45) is 0 Å². The predicted octanol–water partition coefficient (Wildman–Crippen LogP) is 2.08. The van der Waals surface area contributed by atoms with Crippen molar-refractivity contribution in [3.8, 4) is 0 Å². The SMILES string of the molecule is C=CCCCC(CC1OCCO1)NCC. The Labute approximate surface area is 92.8 Å². The summed E-state index contributed by atoms with van der Waals surface area (Å²) < 4.78 is 10.9. The number of unbranched alkanes of at least 4 members (excludes halogenated alkanes) is 1. The van der Waals surface area contributed by atoms with Crippen LogP contribution in [0.15, 0.2) is 12.7 Å². The van der Waals surface area contributed by atoms with E-state index in [0.717, 1.165) is 32.6 Å². The second-order valence-electron chi connectivity index (χ2n) is 3.88. The molecule has 0 amide bonds. The van der Waals surface area contributed by atoms with Gasteiger partial charge in [-0.05, 0) is 25.8 Å². The normalized spacial score (nSPS) is 19.3. The Morgan fingerprint density at radius 1 is 1.47 bits per heavy atom. The molecular formula is C12H23NO2. The first kappa shape index (κ1) is 12.7. The number of hydrogen-bond acceptors (Lipinski definition) is 3. The molecule has 1 aliphatic heterocycles. The minimum atomic E-state index is 0.0118. The van der Waals surface area contributed by atoms with Crippen LogP contribution in [0.5, 0.6) is 0 Å². The van der Waals surface area contributed by atoms with Gasteiger partial charge in [0.15, 0.2) is 6.29 Å². The zero-order valence-electron chi connectivity index (χ0n) is 9.71. The van der Waals surface area contributed by atoms with Crippen LogP contribution >= 0.6 is 0 Å². The Kier molecular flexibility index (Phi) is 6.64. The minimum absolute atomic E-state index is 0.0118. The van der Waals surface area contributed by atoms with E-state index < -0.39 is 0 Å². The molecular weight excluding hydrogens is 190 g/mol. The van der Waals surface area contributed by atoms with Gasteiger partial charge in [0.2, 0.25) is 0 Å². The summed E-state index contributed by atoms with van der Waals surface area (Å²) in [6.07, 6.45) is 6.40. The first-order chi connectivity index (χ1) is 7.36. The highest BCUT2D eigenvalue weighted by Crippen LogP contribution is 2.14. The fraction of sp³-hybridized carbons (Fsp3) is 0.833. The summed E-state index contributed by atoms with van der Waals surface area (Å²) in [4.78, 5) is 0.